The van der Waals surface area contributed by atoms with Crippen molar-refractivity contribution in [1.29, 1.82) is 0 Å². The number of nitrogens with zero attached hydrogens (tertiary/aromatic N) is 2. The van der Waals surface area contributed by atoms with E-state index < -0.39 is 22.7 Å². The molecule has 2 rings (SSSR count). The molecule has 1 unspecified atom stereocenters. The van der Waals surface area contributed by atoms with Crippen LogP contribution in [0.4, 0.5) is 11.4 Å². The van der Waals surface area contributed by atoms with Gasteiger partial charge in [-0.25, -0.2) is 5.43 Å². The molecule has 0 saturated heterocycles. The molecule has 9 heteroatoms. The molecular formula is C17H15BrN4O4. The van der Waals surface area contributed by atoms with Crippen LogP contribution in [-0.2, 0) is 9.59 Å². The van der Waals surface area contributed by atoms with E-state index in [2.05, 4.69) is 31.8 Å². The first-order valence-electron chi connectivity index (χ1n) is 7.51. The van der Waals surface area contributed by atoms with Crippen LogP contribution in [-0.4, -0.2) is 23.0 Å². The summed E-state index contributed by atoms with van der Waals surface area (Å²) in [5.74, 6) is -2.07. The summed E-state index contributed by atoms with van der Waals surface area (Å²) in [5, 5.41) is 17.1. The van der Waals surface area contributed by atoms with Gasteiger partial charge in [0.05, 0.1) is 16.8 Å². The van der Waals surface area contributed by atoms with E-state index in [1.165, 1.54) is 31.3 Å². The Morgan fingerprint density at radius 3 is 2.62 bits per heavy atom. The van der Waals surface area contributed by atoms with E-state index in [1.807, 2.05) is 0 Å². The number of nitro groups is 1. The van der Waals surface area contributed by atoms with Gasteiger partial charge >= 0.3 is 0 Å². The number of anilines is 1. The molecule has 0 aromatic heterocycles. The summed E-state index contributed by atoms with van der Waals surface area (Å²) >= 11 is 3.31. The lowest BCUT2D eigenvalue weighted by Crippen LogP contribution is -2.34. The Balaban J connectivity index is 1.94. The van der Waals surface area contributed by atoms with E-state index in [9.17, 15) is 19.7 Å². The molecule has 0 bridgehead atoms. The van der Waals surface area contributed by atoms with Crippen molar-refractivity contribution < 1.29 is 14.5 Å². The van der Waals surface area contributed by atoms with Crippen molar-refractivity contribution >= 4 is 45.3 Å². The van der Waals surface area contributed by atoms with Crippen LogP contribution in [0.5, 0.6) is 0 Å². The van der Waals surface area contributed by atoms with Crippen molar-refractivity contribution in [2.75, 3.05) is 5.32 Å². The quantitative estimate of drug-likeness (QED) is 0.324. The normalized spacial score (nSPS) is 11.8. The minimum atomic E-state index is -0.982. The summed E-state index contributed by atoms with van der Waals surface area (Å²) in [7, 11) is 0. The Bertz CT molecular complexity index is 869. The average Bonchev–Trinajstić information content (AvgIpc) is 2.63. The molecule has 134 valence electrons. The summed E-state index contributed by atoms with van der Waals surface area (Å²) in [5.41, 5.74) is 3.17. The summed E-state index contributed by atoms with van der Waals surface area (Å²) in [4.78, 5) is 34.4. The molecule has 26 heavy (non-hydrogen) atoms. The first-order chi connectivity index (χ1) is 12.4. The van der Waals surface area contributed by atoms with Crippen LogP contribution < -0.4 is 10.7 Å². The topological polar surface area (TPSA) is 114 Å². The highest BCUT2D eigenvalue weighted by atomic mass is 79.9. The first kappa shape index (κ1) is 19.3. The fraction of sp³-hybridized carbons (Fsp3) is 0.118. The number of carbonyl (C=O) groups excluding carboxylic acids is 2. The van der Waals surface area contributed by atoms with Gasteiger partial charge < -0.3 is 5.32 Å². The average molecular weight is 419 g/mol. The minimum absolute atomic E-state index is 0.0820. The summed E-state index contributed by atoms with van der Waals surface area (Å²) in [6.07, 6.45) is 1.27. The number of amides is 2. The molecule has 2 N–H and O–H groups in total. The van der Waals surface area contributed by atoms with Gasteiger partial charge in [-0.2, -0.15) is 5.10 Å². The summed E-state index contributed by atoms with van der Waals surface area (Å²) < 4.78 is 0.699. The van der Waals surface area contributed by atoms with E-state index in [1.54, 1.807) is 30.3 Å². The largest absolute Gasteiger partial charge is 0.324 e. The van der Waals surface area contributed by atoms with Gasteiger partial charge in [0.15, 0.2) is 0 Å². The Kier molecular flexibility index (Phi) is 6.56. The van der Waals surface area contributed by atoms with Crippen molar-refractivity contribution in [2.24, 2.45) is 11.0 Å². The molecule has 2 amide bonds. The van der Waals surface area contributed by atoms with Crippen LogP contribution in [0.25, 0.3) is 0 Å². The number of benzene rings is 2. The second kappa shape index (κ2) is 8.86. The van der Waals surface area contributed by atoms with Crippen molar-refractivity contribution in [3.63, 3.8) is 0 Å². The van der Waals surface area contributed by atoms with Crippen LogP contribution in [0, 0.1) is 16.0 Å². The Morgan fingerprint density at radius 1 is 1.19 bits per heavy atom. The monoisotopic (exact) mass is 418 g/mol. The lowest BCUT2D eigenvalue weighted by Gasteiger charge is -2.11. The van der Waals surface area contributed by atoms with Gasteiger partial charge in [-0.3, -0.25) is 19.7 Å². The highest BCUT2D eigenvalue weighted by molar-refractivity contribution is 9.10. The maximum Gasteiger partial charge on any atom is 0.270 e. The number of carbonyl (C=O) groups is 2. The number of nitro benzene ring substituents is 1. The van der Waals surface area contributed by atoms with Gasteiger partial charge in [0.2, 0.25) is 5.91 Å². The van der Waals surface area contributed by atoms with Crippen molar-refractivity contribution in [1.82, 2.24) is 5.43 Å². The molecular weight excluding hydrogens is 404 g/mol. The third-order valence-corrected chi connectivity index (χ3v) is 4.08. The van der Waals surface area contributed by atoms with Gasteiger partial charge in [-0.15, -0.1) is 0 Å². The van der Waals surface area contributed by atoms with E-state index in [-0.39, 0.29) is 5.69 Å². The van der Waals surface area contributed by atoms with E-state index in [4.69, 9.17) is 0 Å². The third kappa shape index (κ3) is 5.21. The third-order valence-electron chi connectivity index (χ3n) is 3.39. The van der Waals surface area contributed by atoms with Gasteiger partial charge in [0, 0.05) is 22.2 Å². The first-order valence-corrected chi connectivity index (χ1v) is 8.30. The molecule has 8 nitrogen and oxygen atoms in total. The van der Waals surface area contributed by atoms with Crippen LogP contribution in [0.3, 0.4) is 0 Å². The molecule has 0 aliphatic rings. The highest BCUT2D eigenvalue weighted by Crippen LogP contribution is 2.21. The number of halogens is 1. The molecule has 0 spiro atoms. The number of para-hydroxylation sites is 1. The van der Waals surface area contributed by atoms with Crippen LogP contribution in [0.15, 0.2) is 58.1 Å². The molecule has 0 heterocycles. The van der Waals surface area contributed by atoms with Crippen LogP contribution >= 0.6 is 15.9 Å². The molecule has 1 atom stereocenters. The van der Waals surface area contributed by atoms with Crippen LogP contribution in [0.2, 0.25) is 0 Å². The van der Waals surface area contributed by atoms with E-state index in [0.29, 0.717) is 15.7 Å². The van der Waals surface area contributed by atoms with E-state index in [0.717, 1.165) is 0 Å². The smallest absolute Gasteiger partial charge is 0.270 e. The molecule has 0 aliphatic carbocycles. The van der Waals surface area contributed by atoms with Crippen molar-refractivity contribution in [3.05, 3.63) is 68.7 Å². The van der Waals surface area contributed by atoms with Gasteiger partial charge in [-0.1, -0.05) is 24.3 Å². The molecule has 0 aliphatic heterocycles. The van der Waals surface area contributed by atoms with Gasteiger partial charge in [0.25, 0.3) is 11.6 Å². The molecule has 0 radical (unpaired) electrons. The minimum Gasteiger partial charge on any atom is -0.324 e. The lowest BCUT2D eigenvalue weighted by atomic mass is 10.1. The maximum absolute atomic E-state index is 12.1. The zero-order chi connectivity index (χ0) is 19.1. The standard InChI is InChI=1S/C17H15BrN4O4/c1-11(16(23)20-15-8-3-2-7-14(15)18)17(24)21-19-10-12-5-4-6-13(9-12)22(25)26/h2-11H,1H3,(H,20,23)(H,21,24). The predicted octanol–water partition coefficient (Wildman–Crippen LogP) is 3.08. The zero-order valence-corrected chi connectivity index (χ0v) is 15.3. The van der Waals surface area contributed by atoms with Crippen molar-refractivity contribution in [2.45, 2.75) is 6.92 Å². The number of hydrogen-bond acceptors (Lipinski definition) is 5. The van der Waals surface area contributed by atoms with Crippen LogP contribution in [0.1, 0.15) is 12.5 Å². The lowest BCUT2D eigenvalue weighted by molar-refractivity contribution is -0.384. The molecule has 2 aromatic rings. The zero-order valence-electron chi connectivity index (χ0n) is 13.7. The molecule has 2 aromatic carbocycles. The Labute approximate surface area is 157 Å². The second-order valence-corrected chi connectivity index (χ2v) is 6.13. The maximum atomic E-state index is 12.1. The Morgan fingerprint density at radius 2 is 1.92 bits per heavy atom. The van der Waals surface area contributed by atoms with Gasteiger partial charge in [-0.05, 0) is 35.0 Å². The van der Waals surface area contributed by atoms with Gasteiger partial charge in [0.1, 0.15) is 5.92 Å². The number of non-ortho nitro benzene ring substituents is 1. The van der Waals surface area contributed by atoms with Crippen molar-refractivity contribution in [3.8, 4) is 0 Å². The highest BCUT2D eigenvalue weighted by Gasteiger charge is 2.21. The molecule has 0 saturated carbocycles. The molecule has 0 fully saturated rings. The fourth-order valence-electron chi connectivity index (χ4n) is 1.91. The van der Waals surface area contributed by atoms with E-state index >= 15 is 0 Å². The summed E-state index contributed by atoms with van der Waals surface area (Å²) in [6.45, 7) is 1.45. The predicted molar refractivity (Wildman–Crippen MR) is 101 cm³/mol. The number of rotatable bonds is 6. The number of hydrazone groups is 1. The SMILES string of the molecule is CC(C(=O)NN=Cc1cccc([N+](=O)[O-])c1)C(=O)Nc1ccccc1Br. The second-order valence-electron chi connectivity index (χ2n) is 5.28. The number of hydrogen-bond donors (Lipinski definition) is 2. The summed E-state index contributed by atoms with van der Waals surface area (Å²) in [6, 6.07) is 12.8. The Hall–Kier alpha value is -3.07. The fourth-order valence-corrected chi connectivity index (χ4v) is 2.29. The number of nitrogens with one attached hydrogen (secondary N) is 2.